The Bertz CT molecular complexity index is 486. The fraction of sp³-hybridized carbons (Fsp3) is 0.500. The number of aliphatic hydroxyl groups excluding tert-OH is 1. The molecule has 0 saturated heterocycles. The van der Waals surface area contributed by atoms with Crippen LogP contribution in [0.2, 0.25) is 0 Å². The normalized spacial score (nSPS) is 10.1. The zero-order valence-corrected chi connectivity index (χ0v) is 12.7. The molecule has 1 aromatic rings. The van der Waals surface area contributed by atoms with Crippen molar-refractivity contribution in [2.45, 2.75) is 19.3 Å². The Morgan fingerprint density at radius 1 is 1.38 bits per heavy atom. The molecule has 0 bridgehead atoms. The number of nitrogens with zero attached hydrogens (tertiary/aromatic N) is 2. The maximum absolute atomic E-state index is 11.9. The molecule has 0 aliphatic carbocycles. The van der Waals surface area contributed by atoms with Gasteiger partial charge in [-0.05, 0) is 45.6 Å². The summed E-state index contributed by atoms with van der Waals surface area (Å²) in [5, 5.41) is 11.5. The van der Waals surface area contributed by atoms with Gasteiger partial charge in [-0.3, -0.25) is 4.79 Å². The van der Waals surface area contributed by atoms with Crippen molar-refractivity contribution in [1.82, 2.24) is 15.2 Å². The molecular formula is C16H23N3O2. The number of unbranched alkanes of at least 4 members (excludes halogenated alkanes) is 1. The number of nitrogens with one attached hydrogen (secondary N) is 1. The maximum Gasteiger partial charge on any atom is 0.269 e. The van der Waals surface area contributed by atoms with Crippen LogP contribution in [0.3, 0.4) is 0 Å². The average molecular weight is 289 g/mol. The van der Waals surface area contributed by atoms with Crippen molar-refractivity contribution in [3.63, 3.8) is 0 Å². The molecule has 0 unspecified atom stereocenters. The van der Waals surface area contributed by atoms with Crippen LogP contribution in [-0.4, -0.2) is 54.7 Å². The zero-order chi connectivity index (χ0) is 15.5. The fourth-order valence-electron chi connectivity index (χ4n) is 1.67. The van der Waals surface area contributed by atoms with E-state index in [4.69, 9.17) is 5.11 Å². The summed E-state index contributed by atoms with van der Waals surface area (Å²) >= 11 is 0. The van der Waals surface area contributed by atoms with Crippen LogP contribution in [0, 0.1) is 11.8 Å². The van der Waals surface area contributed by atoms with E-state index >= 15 is 0 Å². The highest BCUT2D eigenvalue weighted by Gasteiger charge is 2.05. The molecule has 0 fully saturated rings. The molecule has 1 aromatic heterocycles. The third-order valence-electron chi connectivity index (χ3n) is 2.78. The summed E-state index contributed by atoms with van der Waals surface area (Å²) in [5.41, 5.74) is 1.14. The standard InChI is InChI=1S/C16H23N3O2/c1-19(2)11-5-4-10-17-16(21)15-9-8-14(13-18-15)7-3-6-12-20/h8-9,13,20H,4-6,10-12H2,1-2H3,(H,17,21). The van der Waals surface area contributed by atoms with Crippen LogP contribution in [0.5, 0.6) is 0 Å². The van der Waals surface area contributed by atoms with E-state index in [-0.39, 0.29) is 12.5 Å². The molecule has 0 spiro atoms. The highest BCUT2D eigenvalue weighted by molar-refractivity contribution is 5.92. The number of rotatable bonds is 7. The Morgan fingerprint density at radius 2 is 2.19 bits per heavy atom. The van der Waals surface area contributed by atoms with E-state index < -0.39 is 0 Å². The molecule has 0 aliphatic heterocycles. The van der Waals surface area contributed by atoms with Crippen LogP contribution in [-0.2, 0) is 0 Å². The van der Waals surface area contributed by atoms with Crippen LogP contribution in [0.25, 0.3) is 0 Å². The molecule has 0 saturated carbocycles. The van der Waals surface area contributed by atoms with Gasteiger partial charge >= 0.3 is 0 Å². The lowest BCUT2D eigenvalue weighted by atomic mass is 10.2. The molecular weight excluding hydrogens is 266 g/mol. The Morgan fingerprint density at radius 3 is 2.81 bits per heavy atom. The third kappa shape index (κ3) is 7.45. The van der Waals surface area contributed by atoms with Crippen molar-refractivity contribution >= 4 is 5.91 Å². The smallest absolute Gasteiger partial charge is 0.269 e. The Balaban J connectivity index is 2.36. The molecule has 21 heavy (non-hydrogen) atoms. The fourth-order valence-corrected chi connectivity index (χ4v) is 1.67. The number of hydrogen-bond donors (Lipinski definition) is 2. The first kappa shape index (κ1) is 17.2. The van der Waals surface area contributed by atoms with Crippen molar-refractivity contribution in [2.24, 2.45) is 0 Å². The summed E-state index contributed by atoms with van der Waals surface area (Å²) in [6.45, 7) is 1.73. The number of aliphatic hydroxyl groups is 1. The van der Waals surface area contributed by atoms with Crippen LogP contribution in [0.1, 0.15) is 35.3 Å². The lowest BCUT2D eigenvalue weighted by molar-refractivity contribution is 0.0948. The predicted octanol–water partition coefficient (Wildman–Crippen LogP) is 0.887. The minimum Gasteiger partial charge on any atom is -0.395 e. The lowest BCUT2D eigenvalue weighted by Crippen LogP contribution is -2.26. The van der Waals surface area contributed by atoms with E-state index in [9.17, 15) is 4.79 Å². The number of carbonyl (C=O) groups is 1. The Labute approximate surface area is 126 Å². The Kier molecular flexibility index (Phi) is 8.10. The van der Waals surface area contributed by atoms with Gasteiger partial charge in [0.05, 0.1) is 6.61 Å². The van der Waals surface area contributed by atoms with Crippen LogP contribution in [0.15, 0.2) is 18.3 Å². The summed E-state index contributed by atoms with van der Waals surface area (Å²) < 4.78 is 0. The minimum absolute atomic E-state index is 0.0503. The summed E-state index contributed by atoms with van der Waals surface area (Å²) in [4.78, 5) is 18.1. The highest BCUT2D eigenvalue weighted by Crippen LogP contribution is 1.99. The molecule has 1 rings (SSSR count). The second-order valence-corrected chi connectivity index (χ2v) is 4.97. The van der Waals surface area contributed by atoms with Gasteiger partial charge in [0, 0.05) is 24.7 Å². The quantitative estimate of drug-likeness (QED) is 0.578. The van der Waals surface area contributed by atoms with E-state index in [1.807, 2.05) is 14.1 Å². The Hall–Kier alpha value is -1.90. The van der Waals surface area contributed by atoms with Crippen LogP contribution in [0.4, 0.5) is 0 Å². The van der Waals surface area contributed by atoms with E-state index in [1.165, 1.54) is 0 Å². The number of pyridine rings is 1. The van der Waals surface area contributed by atoms with E-state index in [0.717, 1.165) is 24.9 Å². The molecule has 0 radical (unpaired) electrons. The minimum atomic E-state index is -0.158. The van der Waals surface area contributed by atoms with Gasteiger partial charge in [0.1, 0.15) is 5.69 Å². The van der Waals surface area contributed by atoms with Gasteiger partial charge in [-0.25, -0.2) is 4.98 Å². The number of carbonyl (C=O) groups excluding carboxylic acids is 1. The maximum atomic E-state index is 11.9. The molecule has 0 aromatic carbocycles. The molecule has 114 valence electrons. The van der Waals surface area contributed by atoms with Crippen molar-refractivity contribution in [2.75, 3.05) is 33.8 Å². The van der Waals surface area contributed by atoms with Gasteiger partial charge in [0.25, 0.3) is 5.91 Å². The molecule has 1 amide bonds. The second kappa shape index (κ2) is 9.92. The van der Waals surface area contributed by atoms with E-state index in [0.29, 0.717) is 18.7 Å². The summed E-state index contributed by atoms with van der Waals surface area (Å²) in [5.74, 6) is 5.53. The first-order valence-electron chi connectivity index (χ1n) is 7.12. The van der Waals surface area contributed by atoms with Crippen molar-refractivity contribution in [3.05, 3.63) is 29.6 Å². The molecule has 5 nitrogen and oxygen atoms in total. The second-order valence-electron chi connectivity index (χ2n) is 4.97. The van der Waals surface area contributed by atoms with E-state index in [1.54, 1.807) is 18.3 Å². The monoisotopic (exact) mass is 289 g/mol. The van der Waals surface area contributed by atoms with Gasteiger partial charge in [0.15, 0.2) is 0 Å². The molecule has 0 aliphatic rings. The first-order chi connectivity index (χ1) is 10.1. The largest absolute Gasteiger partial charge is 0.395 e. The van der Waals surface area contributed by atoms with Gasteiger partial charge in [-0.1, -0.05) is 11.8 Å². The predicted molar refractivity (Wildman–Crippen MR) is 82.9 cm³/mol. The average Bonchev–Trinajstić information content (AvgIpc) is 2.47. The highest BCUT2D eigenvalue weighted by atomic mass is 16.2. The summed E-state index contributed by atoms with van der Waals surface area (Å²) in [6.07, 6.45) is 4.02. The number of hydrogen-bond acceptors (Lipinski definition) is 4. The molecule has 0 atom stereocenters. The van der Waals surface area contributed by atoms with Gasteiger partial charge < -0.3 is 15.3 Å². The van der Waals surface area contributed by atoms with Crippen molar-refractivity contribution in [1.29, 1.82) is 0 Å². The number of amides is 1. The van der Waals surface area contributed by atoms with Crippen molar-refractivity contribution in [3.8, 4) is 11.8 Å². The topological polar surface area (TPSA) is 65.5 Å². The third-order valence-corrected chi connectivity index (χ3v) is 2.78. The molecule has 1 heterocycles. The van der Waals surface area contributed by atoms with Crippen LogP contribution < -0.4 is 5.32 Å². The summed E-state index contributed by atoms with van der Waals surface area (Å²) in [6, 6.07) is 3.43. The molecule has 5 heteroatoms. The summed E-state index contributed by atoms with van der Waals surface area (Å²) in [7, 11) is 4.07. The van der Waals surface area contributed by atoms with E-state index in [2.05, 4.69) is 27.0 Å². The van der Waals surface area contributed by atoms with Gasteiger partial charge in [-0.2, -0.15) is 0 Å². The number of aromatic nitrogens is 1. The lowest BCUT2D eigenvalue weighted by Gasteiger charge is -2.09. The first-order valence-corrected chi connectivity index (χ1v) is 7.12. The van der Waals surface area contributed by atoms with Crippen molar-refractivity contribution < 1.29 is 9.90 Å². The zero-order valence-electron chi connectivity index (χ0n) is 12.7. The van der Waals surface area contributed by atoms with Crippen LogP contribution >= 0.6 is 0 Å². The van der Waals surface area contributed by atoms with Gasteiger partial charge in [0.2, 0.25) is 0 Å². The molecule has 2 N–H and O–H groups in total. The SMILES string of the molecule is CN(C)CCCCNC(=O)c1ccc(C#CCCO)cn1. The van der Waals surface area contributed by atoms with Gasteiger partial charge in [-0.15, -0.1) is 0 Å².